The fraction of sp³-hybridized carbons (Fsp3) is 0.615. The molecule has 3 N–H and O–H groups in total. The first-order valence-electron chi connectivity index (χ1n) is 12.2. The first-order chi connectivity index (χ1) is 15.9. The number of fused-ring (bicyclic) bond motifs is 1. The average molecular weight is 456 g/mol. The number of benzene rings is 1. The number of amides is 3. The van der Waals surface area contributed by atoms with Crippen LogP contribution in [0.15, 0.2) is 30.3 Å². The smallest absolute Gasteiger partial charge is 0.243 e. The van der Waals surface area contributed by atoms with Crippen molar-refractivity contribution >= 4 is 24.0 Å². The van der Waals surface area contributed by atoms with Gasteiger partial charge in [-0.1, -0.05) is 57.0 Å². The van der Waals surface area contributed by atoms with E-state index in [1.54, 1.807) is 0 Å². The number of aldehydes is 1. The summed E-state index contributed by atoms with van der Waals surface area (Å²) in [6.07, 6.45) is 5.48. The minimum absolute atomic E-state index is 0.0396. The Balaban J connectivity index is 1.82. The van der Waals surface area contributed by atoms with Gasteiger partial charge in [0, 0.05) is 18.4 Å². The van der Waals surface area contributed by atoms with Crippen LogP contribution >= 0.6 is 0 Å². The van der Waals surface area contributed by atoms with E-state index in [0.717, 1.165) is 31.2 Å². The zero-order chi connectivity index (χ0) is 23.8. The third-order valence-electron chi connectivity index (χ3n) is 6.86. The van der Waals surface area contributed by atoms with Crippen LogP contribution in [0.25, 0.3) is 0 Å². The molecule has 0 spiro atoms. The highest BCUT2D eigenvalue weighted by atomic mass is 16.2. The molecule has 0 saturated carbocycles. The normalized spacial score (nSPS) is 29.4. The van der Waals surface area contributed by atoms with Gasteiger partial charge < -0.3 is 20.7 Å². The number of rotatable bonds is 5. The quantitative estimate of drug-likeness (QED) is 0.593. The number of nitrogens with one attached hydrogen (secondary N) is 3. The fourth-order valence-corrected chi connectivity index (χ4v) is 5.04. The summed E-state index contributed by atoms with van der Waals surface area (Å²) in [4.78, 5) is 50.5. The summed E-state index contributed by atoms with van der Waals surface area (Å²) in [5.74, 6) is -0.697. The highest BCUT2D eigenvalue weighted by Gasteiger charge is 2.37. The molecule has 5 atom stereocenters. The Kier molecular flexibility index (Phi) is 9.03. The fourth-order valence-electron chi connectivity index (χ4n) is 5.04. The maximum atomic E-state index is 13.3. The van der Waals surface area contributed by atoms with E-state index in [1.165, 1.54) is 0 Å². The molecule has 3 rings (SSSR count). The predicted octanol–water partition coefficient (Wildman–Crippen LogP) is 2.39. The minimum Gasteiger partial charge on any atom is -0.356 e. The van der Waals surface area contributed by atoms with E-state index < -0.39 is 12.1 Å². The average Bonchev–Trinajstić information content (AvgIpc) is 3.13. The van der Waals surface area contributed by atoms with Crippen molar-refractivity contribution in [1.82, 2.24) is 16.0 Å². The standard InChI is InChI=1S/C26H37N3O4/c1-17(2)12-23-26(33)28-21(16-30)14-22-20(15-27-25(22)32)11-7-6-10-19(24(31)29-23)13-18-8-4-3-5-9-18/h3-5,8-9,16-17,19-23H,6-7,10-15H2,1-2H3,(H,27,32)(H,28,33)(H,29,31)/t19-,20-,21?,22-,23+/m1/s1. The molecule has 2 saturated heterocycles. The monoisotopic (exact) mass is 455 g/mol. The molecule has 180 valence electrons. The van der Waals surface area contributed by atoms with E-state index in [-0.39, 0.29) is 41.4 Å². The topological polar surface area (TPSA) is 104 Å². The molecule has 2 heterocycles. The van der Waals surface area contributed by atoms with E-state index in [4.69, 9.17) is 0 Å². The molecule has 33 heavy (non-hydrogen) atoms. The Morgan fingerprint density at radius 3 is 2.39 bits per heavy atom. The molecular formula is C26H37N3O4. The third kappa shape index (κ3) is 7.14. The molecule has 1 aromatic carbocycles. The lowest BCUT2D eigenvalue weighted by atomic mass is 9.84. The molecular weight excluding hydrogens is 418 g/mol. The second-order valence-electron chi connectivity index (χ2n) is 9.96. The van der Waals surface area contributed by atoms with Crippen molar-refractivity contribution in [2.45, 2.75) is 70.9 Å². The van der Waals surface area contributed by atoms with Gasteiger partial charge in [-0.05, 0) is 49.5 Å². The van der Waals surface area contributed by atoms with Crippen LogP contribution in [-0.4, -0.2) is 42.6 Å². The van der Waals surface area contributed by atoms with Crippen LogP contribution in [0.4, 0.5) is 0 Å². The molecule has 0 aliphatic carbocycles. The summed E-state index contributed by atoms with van der Waals surface area (Å²) in [6.45, 7) is 4.60. The maximum absolute atomic E-state index is 13.3. The SMILES string of the molecule is CC(C)C[C@@H]1NC(=O)[C@@H](Cc2ccccc2)CCCC[C@@H]2CNC(=O)[C@@H]2CC(C=O)NC1=O. The molecule has 7 nitrogen and oxygen atoms in total. The van der Waals surface area contributed by atoms with Gasteiger partial charge in [0.2, 0.25) is 17.7 Å². The van der Waals surface area contributed by atoms with Gasteiger partial charge in [-0.2, -0.15) is 0 Å². The van der Waals surface area contributed by atoms with Crippen LogP contribution in [0.3, 0.4) is 0 Å². The number of carbonyl (C=O) groups excluding carboxylic acids is 4. The third-order valence-corrected chi connectivity index (χ3v) is 6.86. The molecule has 0 bridgehead atoms. The van der Waals surface area contributed by atoms with Gasteiger partial charge in [0.25, 0.3) is 0 Å². The van der Waals surface area contributed by atoms with Crippen molar-refractivity contribution in [3.05, 3.63) is 35.9 Å². The van der Waals surface area contributed by atoms with Crippen molar-refractivity contribution in [1.29, 1.82) is 0 Å². The molecule has 0 aromatic heterocycles. The van der Waals surface area contributed by atoms with E-state index in [1.807, 2.05) is 44.2 Å². The van der Waals surface area contributed by atoms with E-state index in [2.05, 4.69) is 16.0 Å². The minimum atomic E-state index is -0.747. The lowest BCUT2D eigenvalue weighted by Gasteiger charge is -2.27. The summed E-state index contributed by atoms with van der Waals surface area (Å²) in [5, 5.41) is 8.69. The van der Waals surface area contributed by atoms with Crippen LogP contribution < -0.4 is 16.0 Å². The van der Waals surface area contributed by atoms with E-state index >= 15 is 0 Å². The Morgan fingerprint density at radius 1 is 0.970 bits per heavy atom. The van der Waals surface area contributed by atoms with Crippen molar-refractivity contribution < 1.29 is 19.2 Å². The summed E-state index contributed by atoms with van der Waals surface area (Å²) >= 11 is 0. The van der Waals surface area contributed by atoms with Crippen molar-refractivity contribution in [3.63, 3.8) is 0 Å². The lowest BCUT2D eigenvalue weighted by Crippen LogP contribution is -2.52. The molecule has 1 aromatic rings. The molecule has 7 heteroatoms. The van der Waals surface area contributed by atoms with Gasteiger partial charge >= 0.3 is 0 Å². The predicted molar refractivity (Wildman–Crippen MR) is 126 cm³/mol. The van der Waals surface area contributed by atoms with Gasteiger partial charge in [0.1, 0.15) is 12.3 Å². The summed E-state index contributed by atoms with van der Waals surface area (Å²) in [5.41, 5.74) is 1.09. The lowest BCUT2D eigenvalue weighted by molar-refractivity contribution is -0.132. The second kappa shape index (κ2) is 12.0. The zero-order valence-corrected chi connectivity index (χ0v) is 19.7. The summed E-state index contributed by atoms with van der Waals surface area (Å²) in [7, 11) is 0. The van der Waals surface area contributed by atoms with Gasteiger partial charge in [-0.25, -0.2) is 0 Å². The number of carbonyl (C=O) groups is 4. The van der Waals surface area contributed by atoms with Gasteiger partial charge in [0.05, 0.1) is 6.04 Å². The summed E-state index contributed by atoms with van der Waals surface area (Å²) in [6, 6.07) is 8.47. The molecule has 2 aliphatic heterocycles. The number of hydrogen-bond donors (Lipinski definition) is 3. The van der Waals surface area contributed by atoms with Crippen molar-refractivity contribution in [2.75, 3.05) is 6.54 Å². The van der Waals surface area contributed by atoms with Crippen LogP contribution in [0.5, 0.6) is 0 Å². The Hall–Kier alpha value is -2.70. The van der Waals surface area contributed by atoms with E-state index in [9.17, 15) is 19.2 Å². The molecule has 3 amide bonds. The molecule has 2 fully saturated rings. The largest absolute Gasteiger partial charge is 0.356 e. The number of hydrogen-bond acceptors (Lipinski definition) is 4. The van der Waals surface area contributed by atoms with Crippen molar-refractivity contribution in [3.8, 4) is 0 Å². The highest BCUT2D eigenvalue weighted by Crippen LogP contribution is 2.29. The Labute approximate surface area is 196 Å². The Morgan fingerprint density at radius 2 is 1.70 bits per heavy atom. The molecule has 1 unspecified atom stereocenters. The van der Waals surface area contributed by atoms with Gasteiger partial charge in [-0.15, -0.1) is 0 Å². The zero-order valence-electron chi connectivity index (χ0n) is 19.7. The van der Waals surface area contributed by atoms with Gasteiger partial charge in [0.15, 0.2) is 0 Å². The molecule has 2 aliphatic rings. The van der Waals surface area contributed by atoms with Gasteiger partial charge in [-0.3, -0.25) is 14.4 Å². The van der Waals surface area contributed by atoms with Crippen molar-refractivity contribution in [2.24, 2.45) is 23.7 Å². The first-order valence-corrected chi connectivity index (χ1v) is 12.2. The highest BCUT2D eigenvalue weighted by molar-refractivity contribution is 5.90. The van der Waals surface area contributed by atoms with E-state index in [0.29, 0.717) is 32.1 Å². The Bertz CT molecular complexity index is 826. The van der Waals surface area contributed by atoms with Crippen LogP contribution in [0.2, 0.25) is 0 Å². The van der Waals surface area contributed by atoms with Crippen LogP contribution in [0, 0.1) is 23.7 Å². The summed E-state index contributed by atoms with van der Waals surface area (Å²) < 4.78 is 0. The second-order valence-corrected chi connectivity index (χ2v) is 9.96. The first kappa shape index (κ1) is 24.9. The maximum Gasteiger partial charge on any atom is 0.243 e. The van der Waals surface area contributed by atoms with Crippen LogP contribution in [0.1, 0.15) is 57.9 Å². The van der Waals surface area contributed by atoms with Crippen LogP contribution in [-0.2, 0) is 25.6 Å². The molecule has 0 radical (unpaired) electrons.